The van der Waals surface area contributed by atoms with Crippen molar-refractivity contribution in [2.45, 2.75) is 82.7 Å². The number of aromatic hydroxyl groups is 2. The Balaban J connectivity index is 1.12. The molecule has 0 aromatic heterocycles. The number of Topliss-reactive ketones (excluding diaryl/α,β-unsaturated/α-hetero) is 2. The first kappa shape index (κ1) is 38.6. The van der Waals surface area contributed by atoms with Gasteiger partial charge in [-0.05, 0) is 93.4 Å². The summed E-state index contributed by atoms with van der Waals surface area (Å²) in [4.78, 5) is 76.9. The van der Waals surface area contributed by atoms with E-state index in [4.69, 9.17) is 0 Å². The summed E-state index contributed by atoms with van der Waals surface area (Å²) in [6.07, 6.45) is 3.82. The Morgan fingerprint density at radius 1 is 0.611 bits per heavy atom. The van der Waals surface area contributed by atoms with E-state index in [0.717, 1.165) is 31.2 Å². The van der Waals surface area contributed by atoms with Gasteiger partial charge in [-0.3, -0.25) is 38.6 Å². The van der Waals surface area contributed by atoms with E-state index < -0.39 is 11.6 Å². The molecule has 4 aliphatic rings. The Labute approximate surface area is 310 Å². The maximum atomic E-state index is 15.2. The molecule has 0 saturated heterocycles. The van der Waals surface area contributed by atoms with Crippen LogP contribution in [0, 0.1) is 23.7 Å². The van der Waals surface area contributed by atoms with Gasteiger partial charge in [-0.25, -0.2) is 0 Å². The molecule has 0 radical (unpaired) electrons. The summed E-state index contributed by atoms with van der Waals surface area (Å²) >= 11 is 0. The number of imide groups is 2. The van der Waals surface area contributed by atoms with Crippen LogP contribution in [0.4, 0.5) is 13.2 Å². The number of phenols is 2. The van der Waals surface area contributed by atoms with Crippen molar-refractivity contribution in [3.8, 4) is 11.5 Å². The van der Waals surface area contributed by atoms with Crippen LogP contribution < -0.4 is 0 Å². The number of rotatable bonds is 12. The highest BCUT2D eigenvalue weighted by molar-refractivity contribution is 6.13. The number of carbonyl (C=O) groups is 6. The summed E-state index contributed by atoms with van der Waals surface area (Å²) in [5.41, 5.74) is -2.99. The molecule has 54 heavy (non-hydrogen) atoms. The van der Waals surface area contributed by atoms with E-state index in [1.54, 1.807) is 0 Å². The van der Waals surface area contributed by atoms with Crippen molar-refractivity contribution in [1.29, 1.82) is 0 Å². The van der Waals surface area contributed by atoms with Crippen LogP contribution in [0.2, 0.25) is 0 Å². The number of ketones is 2. The van der Waals surface area contributed by atoms with Crippen LogP contribution in [0.3, 0.4) is 0 Å². The molecule has 10 nitrogen and oxygen atoms in total. The van der Waals surface area contributed by atoms with Crippen molar-refractivity contribution in [3.63, 3.8) is 0 Å². The monoisotopic (exact) mass is 748 g/mol. The van der Waals surface area contributed by atoms with Gasteiger partial charge in [0.2, 0.25) is 0 Å². The van der Waals surface area contributed by atoms with Crippen LogP contribution in [0.15, 0.2) is 60.7 Å². The molecule has 286 valence electrons. The van der Waals surface area contributed by atoms with Gasteiger partial charge < -0.3 is 10.2 Å². The highest BCUT2D eigenvalue weighted by Gasteiger charge is 2.54. The second-order valence-corrected chi connectivity index (χ2v) is 15.3. The first-order chi connectivity index (χ1) is 25.5. The summed E-state index contributed by atoms with van der Waals surface area (Å²) in [5.74, 6) is -3.22. The van der Waals surface area contributed by atoms with Gasteiger partial charge in [0.15, 0.2) is 0 Å². The van der Waals surface area contributed by atoms with Crippen LogP contribution >= 0.6 is 0 Å². The number of amides is 4. The van der Waals surface area contributed by atoms with Gasteiger partial charge in [-0.1, -0.05) is 24.3 Å². The van der Waals surface area contributed by atoms with E-state index in [1.807, 2.05) is 0 Å². The fourth-order valence-electron chi connectivity index (χ4n) is 8.31. The number of nitrogens with zero attached hydrogens (tertiary/aromatic N) is 2. The van der Waals surface area contributed by atoms with Crippen molar-refractivity contribution >= 4 is 35.2 Å². The zero-order chi connectivity index (χ0) is 38.9. The minimum atomic E-state index is -4.86. The average Bonchev–Trinajstić information content (AvgIpc) is 3.63. The molecular weight excluding hydrogens is 705 g/mol. The Kier molecular flexibility index (Phi) is 11.0. The van der Waals surface area contributed by atoms with Crippen LogP contribution in [0.1, 0.15) is 80.5 Å². The summed E-state index contributed by atoms with van der Waals surface area (Å²) in [7, 11) is 0. The highest BCUT2D eigenvalue weighted by atomic mass is 19.4. The lowest BCUT2D eigenvalue weighted by Gasteiger charge is -2.34. The molecule has 4 amide bonds. The Morgan fingerprint density at radius 3 is 1.26 bits per heavy atom. The van der Waals surface area contributed by atoms with Gasteiger partial charge in [0.05, 0.1) is 0 Å². The zero-order valence-electron chi connectivity index (χ0n) is 29.9. The number of benzene rings is 2. The molecule has 2 fully saturated rings. The molecule has 13 heteroatoms. The van der Waals surface area contributed by atoms with Gasteiger partial charge in [-0.2, -0.15) is 13.2 Å². The quantitative estimate of drug-likeness (QED) is 0.265. The summed E-state index contributed by atoms with van der Waals surface area (Å²) in [6.45, 7) is 1.52. The maximum absolute atomic E-state index is 15.2. The molecule has 0 atom stereocenters. The fraction of sp³-hybridized carbons (Fsp3) is 0.463. The Morgan fingerprint density at radius 2 is 0.944 bits per heavy atom. The van der Waals surface area contributed by atoms with Gasteiger partial charge in [0.25, 0.3) is 23.6 Å². The predicted molar refractivity (Wildman–Crippen MR) is 189 cm³/mol. The molecule has 0 spiro atoms. The minimum absolute atomic E-state index is 0.0373. The smallest absolute Gasteiger partial charge is 0.402 e. The third-order valence-electron chi connectivity index (χ3n) is 11.9. The van der Waals surface area contributed by atoms with Crippen molar-refractivity contribution < 1.29 is 52.2 Å². The van der Waals surface area contributed by atoms with Crippen LogP contribution in [0.5, 0.6) is 11.5 Å². The van der Waals surface area contributed by atoms with Crippen molar-refractivity contribution in [3.05, 3.63) is 83.0 Å². The SMILES string of the molecule is CC(c1ccc(O)c(CC(=O)C2CCC(CN3C(=O)C=CC3=O)CC2)c1)(c1ccc(O)c(CC(=O)C2CCC(CN3C(=O)C=CC3=O)CC2)c1)C(F)(F)F. The highest BCUT2D eigenvalue weighted by Crippen LogP contribution is 2.48. The molecule has 2 heterocycles. The number of alkyl halides is 3. The van der Waals surface area contributed by atoms with Crippen molar-refractivity contribution in [2.24, 2.45) is 23.7 Å². The maximum Gasteiger partial charge on any atom is 0.402 e. The van der Waals surface area contributed by atoms with Gasteiger partial charge >= 0.3 is 6.18 Å². The van der Waals surface area contributed by atoms with Gasteiger partial charge in [0.1, 0.15) is 28.5 Å². The molecular formula is C41H43F3N2O8. The minimum Gasteiger partial charge on any atom is -0.508 e. The zero-order valence-corrected chi connectivity index (χ0v) is 29.9. The summed E-state index contributed by atoms with van der Waals surface area (Å²) in [6, 6.07) is 6.99. The van der Waals surface area contributed by atoms with E-state index in [2.05, 4.69) is 0 Å². The third kappa shape index (κ3) is 7.90. The number of halogens is 3. The fourth-order valence-corrected chi connectivity index (χ4v) is 8.31. The summed E-state index contributed by atoms with van der Waals surface area (Å²) < 4.78 is 45.5. The molecule has 2 saturated carbocycles. The normalized spacial score (nSPS) is 24.4. The number of hydrogen-bond donors (Lipinski definition) is 2. The lowest BCUT2D eigenvalue weighted by atomic mass is 9.73. The van der Waals surface area contributed by atoms with Crippen LogP contribution in [0.25, 0.3) is 0 Å². The van der Waals surface area contributed by atoms with E-state index in [9.17, 15) is 39.0 Å². The standard InChI is InChI=1S/C41H43F3N2O8/c1-40(41(42,43)44,30-10-12-32(47)28(18-30)20-34(49)26-6-2-24(3-7-26)22-45-36(51)14-15-37(45)52)31-11-13-33(48)29(19-31)21-35(50)27-8-4-25(5-9-27)23-46-38(53)16-17-39(46)54/h10-19,24-27,47-48H,2-9,20-23H2,1H3. The average molecular weight is 749 g/mol. The second kappa shape index (κ2) is 15.3. The largest absolute Gasteiger partial charge is 0.508 e. The molecule has 2 aliphatic heterocycles. The predicted octanol–water partition coefficient (Wildman–Crippen LogP) is 5.65. The molecule has 2 aromatic rings. The number of hydrogen-bond acceptors (Lipinski definition) is 8. The molecule has 0 bridgehead atoms. The van der Waals surface area contributed by atoms with Crippen LogP contribution in [-0.4, -0.2) is 74.5 Å². The van der Waals surface area contributed by atoms with E-state index >= 15 is 13.2 Å². The van der Waals surface area contributed by atoms with Gasteiger partial charge in [0, 0.05) is 73.2 Å². The number of carbonyl (C=O) groups excluding carboxylic acids is 6. The van der Waals surface area contributed by atoms with E-state index in [1.165, 1.54) is 46.2 Å². The lowest BCUT2D eigenvalue weighted by molar-refractivity contribution is -0.173. The first-order valence-electron chi connectivity index (χ1n) is 18.4. The molecule has 6 rings (SSSR count). The Hall–Kier alpha value is -5.07. The van der Waals surface area contributed by atoms with Crippen LogP contribution in [-0.2, 0) is 47.0 Å². The first-order valence-corrected chi connectivity index (χ1v) is 18.4. The molecule has 0 unspecified atom stereocenters. The Bertz CT molecular complexity index is 1750. The molecule has 2 aromatic carbocycles. The second-order valence-electron chi connectivity index (χ2n) is 15.3. The topological polar surface area (TPSA) is 149 Å². The number of phenolic OH excluding ortho intramolecular Hbond substituents is 2. The molecule has 2 aliphatic carbocycles. The lowest BCUT2D eigenvalue weighted by Crippen LogP contribution is -2.41. The van der Waals surface area contributed by atoms with E-state index in [0.29, 0.717) is 51.4 Å². The van der Waals surface area contributed by atoms with Crippen molar-refractivity contribution in [1.82, 2.24) is 9.80 Å². The molecule has 2 N–H and O–H groups in total. The third-order valence-corrected chi connectivity index (χ3v) is 11.9. The van der Waals surface area contributed by atoms with Gasteiger partial charge in [-0.15, -0.1) is 0 Å². The van der Waals surface area contributed by atoms with Crippen molar-refractivity contribution in [2.75, 3.05) is 13.1 Å². The summed E-state index contributed by atoms with van der Waals surface area (Å²) in [5, 5.41) is 21.3. The van der Waals surface area contributed by atoms with E-state index in [-0.39, 0.29) is 119 Å².